The number of carbonyl (C=O) groups is 1. The van der Waals surface area contributed by atoms with Gasteiger partial charge in [0.25, 0.3) is 5.91 Å². The van der Waals surface area contributed by atoms with Crippen molar-refractivity contribution in [1.82, 2.24) is 25.0 Å². The number of amides is 1. The number of fused-ring (bicyclic) bond motifs is 1. The smallest absolute Gasteiger partial charge is 0.251 e. The Bertz CT molecular complexity index is 1520. The first-order valence-corrected chi connectivity index (χ1v) is 10.5. The average Bonchev–Trinajstić information content (AvgIpc) is 3.31. The maximum atomic E-state index is 14.0. The van der Waals surface area contributed by atoms with Crippen molar-refractivity contribution in [2.75, 3.05) is 0 Å². The highest BCUT2D eigenvalue weighted by atomic mass is 19.1. The predicted molar refractivity (Wildman–Crippen MR) is 119 cm³/mol. The fraction of sp³-hybridized carbons (Fsp3) is 0.208. The van der Waals surface area contributed by atoms with Gasteiger partial charge in [-0.25, -0.2) is 4.39 Å². The van der Waals surface area contributed by atoms with Crippen LogP contribution in [0.25, 0.3) is 33.4 Å². The zero-order chi connectivity index (χ0) is 23.9. The highest BCUT2D eigenvalue weighted by molar-refractivity contribution is 5.98. The van der Waals surface area contributed by atoms with Crippen LogP contribution >= 0.6 is 0 Å². The van der Waals surface area contributed by atoms with E-state index < -0.39 is 17.3 Å². The number of aromatic nitrogens is 5. The van der Waals surface area contributed by atoms with E-state index in [1.54, 1.807) is 24.5 Å². The number of nitrogens with two attached hydrogens (primary N) is 1. The minimum atomic E-state index is -0.887. The molecule has 1 saturated carbocycles. The largest absolute Gasteiger partial charge is 0.366 e. The third-order valence-corrected chi connectivity index (χ3v) is 6.17. The first-order valence-electron chi connectivity index (χ1n) is 10.5. The number of pyridine rings is 2. The molecule has 166 valence electrons. The summed E-state index contributed by atoms with van der Waals surface area (Å²) in [5.41, 5.74) is 7.30. The van der Waals surface area contributed by atoms with Gasteiger partial charge in [0.15, 0.2) is 5.82 Å². The Morgan fingerprint density at radius 1 is 1.21 bits per heavy atom. The van der Waals surface area contributed by atoms with Crippen molar-refractivity contribution in [3.05, 3.63) is 60.3 Å². The number of benzene rings is 1. The van der Waals surface area contributed by atoms with E-state index in [1.807, 2.05) is 12.1 Å². The van der Waals surface area contributed by atoms with E-state index in [1.165, 1.54) is 10.9 Å². The molecular formula is C24H17FN8O. The molecule has 1 aliphatic carbocycles. The number of rotatable bonds is 5. The van der Waals surface area contributed by atoms with Gasteiger partial charge in [-0.2, -0.15) is 25.5 Å². The minimum absolute atomic E-state index is 0.125. The van der Waals surface area contributed by atoms with Gasteiger partial charge in [0.2, 0.25) is 0 Å². The van der Waals surface area contributed by atoms with Crippen LogP contribution in [0, 0.1) is 34.4 Å². The van der Waals surface area contributed by atoms with Crippen LogP contribution in [0.3, 0.4) is 0 Å². The lowest BCUT2D eigenvalue weighted by molar-refractivity contribution is 0.0713. The molecule has 3 aromatic heterocycles. The van der Waals surface area contributed by atoms with E-state index in [9.17, 15) is 19.7 Å². The third-order valence-electron chi connectivity index (χ3n) is 6.17. The number of hydrogen-bond acceptors (Lipinski definition) is 7. The summed E-state index contributed by atoms with van der Waals surface area (Å²) in [6.45, 7) is 0. The Morgan fingerprint density at radius 3 is 2.76 bits per heavy atom. The maximum Gasteiger partial charge on any atom is 0.251 e. The van der Waals surface area contributed by atoms with Gasteiger partial charge in [0.1, 0.15) is 5.69 Å². The molecule has 1 fully saturated rings. The highest BCUT2D eigenvalue weighted by Gasteiger charge is 2.48. The molecule has 0 atom stereocenters. The van der Waals surface area contributed by atoms with Gasteiger partial charge in [0.05, 0.1) is 59.2 Å². The van der Waals surface area contributed by atoms with Crippen LogP contribution in [0.5, 0.6) is 0 Å². The van der Waals surface area contributed by atoms with Crippen LogP contribution < -0.4 is 5.73 Å². The Hall–Kier alpha value is -4.70. The van der Waals surface area contributed by atoms with E-state index in [2.05, 4.69) is 32.3 Å². The van der Waals surface area contributed by atoms with Crippen LogP contribution in [0.4, 0.5) is 4.39 Å². The van der Waals surface area contributed by atoms with Crippen LogP contribution in [0.1, 0.15) is 29.6 Å². The first-order chi connectivity index (χ1) is 16.4. The average molecular weight is 452 g/mol. The SMILES string of the molecule is N#CC[C@]1(n2ncc(-c3cc(-c4cc(C(N)=O)c(F)cn4)cc4ncccc34)n2)C[C@@H](C#N)C1. The quantitative estimate of drug-likeness (QED) is 0.488. The van der Waals surface area contributed by atoms with Crippen molar-refractivity contribution in [3.63, 3.8) is 0 Å². The lowest BCUT2D eigenvalue weighted by Crippen LogP contribution is -2.47. The van der Waals surface area contributed by atoms with Crippen molar-refractivity contribution >= 4 is 16.8 Å². The summed E-state index contributed by atoms with van der Waals surface area (Å²) in [5.74, 6) is -1.81. The molecular weight excluding hydrogens is 435 g/mol. The van der Waals surface area contributed by atoms with E-state index in [-0.39, 0.29) is 17.9 Å². The zero-order valence-electron chi connectivity index (χ0n) is 17.8. The molecule has 0 saturated heterocycles. The number of nitrogens with zero attached hydrogens (tertiary/aromatic N) is 7. The van der Waals surface area contributed by atoms with Crippen LogP contribution in [0.15, 0.2) is 48.9 Å². The van der Waals surface area contributed by atoms with Crippen molar-refractivity contribution < 1.29 is 9.18 Å². The molecule has 3 heterocycles. The van der Waals surface area contributed by atoms with Gasteiger partial charge in [-0.15, -0.1) is 0 Å². The van der Waals surface area contributed by atoms with Crippen LogP contribution in [-0.2, 0) is 5.54 Å². The summed E-state index contributed by atoms with van der Waals surface area (Å²) >= 11 is 0. The monoisotopic (exact) mass is 452 g/mol. The van der Waals surface area contributed by atoms with Crippen LogP contribution in [-0.4, -0.2) is 30.9 Å². The topological polar surface area (TPSA) is 147 Å². The minimum Gasteiger partial charge on any atom is -0.366 e. The van der Waals surface area contributed by atoms with Crippen molar-refractivity contribution in [2.24, 2.45) is 11.7 Å². The molecule has 0 spiro atoms. The summed E-state index contributed by atoms with van der Waals surface area (Å²) in [7, 11) is 0. The Morgan fingerprint density at radius 2 is 2.03 bits per heavy atom. The summed E-state index contributed by atoms with van der Waals surface area (Å²) in [5, 5.41) is 28.4. The first kappa shape index (κ1) is 21.2. The standard InChI is InChI=1S/C24H17FN8O/c25-19-12-30-20(8-18(19)23(28)34)15-6-17(16-2-1-5-29-21(16)7-15)22-13-31-33(32-22)24(3-4-26)9-14(10-24)11-27/h1-2,5-8,12-14H,3,9-10H2,(H2,28,34)/t14-,24+. The molecule has 1 amide bonds. The van der Waals surface area contributed by atoms with Gasteiger partial charge in [-0.1, -0.05) is 6.07 Å². The Labute approximate surface area is 193 Å². The van der Waals surface area contributed by atoms with Crippen molar-refractivity contribution in [1.29, 1.82) is 10.5 Å². The number of carbonyl (C=O) groups excluding carboxylic acids is 1. The van der Waals surface area contributed by atoms with Crippen LogP contribution in [0.2, 0.25) is 0 Å². The van der Waals surface area contributed by atoms with Crippen molar-refractivity contribution in [2.45, 2.75) is 24.8 Å². The summed E-state index contributed by atoms with van der Waals surface area (Å²) in [6, 6.07) is 13.0. The van der Waals surface area contributed by atoms with E-state index in [0.717, 1.165) is 11.6 Å². The predicted octanol–water partition coefficient (Wildman–Crippen LogP) is 3.34. The maximum absolute atomic E-state index is 14.0. The normalized spacial score (nSPS) is 19.2. The molecule has 34 heavy (non-hydrogen) atoms. The fourth-order valence-electron chi connectivity index (χ4n) is 4.42. The molecule has 0 unspecified atom stereocenters. The molecule has 0 aliphatic heterocycles. The number of nitriles is 2. The number of halogens is 1. The van der Waals surface area contributed by atoms with Gasteiger partial charge < -0.3 is 5.73 Å². The van der Waals surface area contributed by atoms with E-state index in [4.69, 9.17) is 5.73 Å². The second-order valence-electron chi connectivity index (χ2n) is 8.32. The number of primary amides is 1. The second-order valence-corrected chi connectivity index (χ2v) is 8.32. The van der Waals surface area contributed by atoms with Crippen molar-refractivity contribution in [3.8, 4) is 34.7 Å². The fourth-order valence-corrected chi connectivity index (χ4v) is 4.42. The van der Waals surface area contributed by atoms with Gasteiger partial charge in [0, 0.05) is 22.7 Å². The second kappa shape index (κ2) is 8.01. The van der Waals surface area contributed by atoms with Gasteiger partial charge in [-0.05, 0) is 37.1 Å². The lowest BCUT2D eigenvalue weighted by Gasteiger charge is -2.42. The third kappa shape index (κ3) is 3.42. The van der Waals surface area contributed by atoms with Gasteiger partial charge in [-0.3, -0.25) is 14.8 Å². The summed E-state index contributed by atoms with van der Waals surface area (Å²) in [4.78, 5) is 21.7. The molecule has 0 bridgehead atoms. The van der Waals surface area contributed by atoms with Gasteiger partial charge >= 0.3 is 0 Å². The highest BCUT2D eigenvalue weighted by Crippen LogP contribution is 2.45. The zero-order valence-corrected chi connectivity index (χ0v) is 17.8. The molecule has 2 N–H and O–H groups in total. The summed E-state index contributed by atoms with van der Waals surface area (Å²) in [6.07, 6.45) is 5.46. The van der Waals surface area contributed by atoms with E-state index >= 15 is 0 Å². The molecule has 1 aromatic carbocycles. The lowest BCUT2D eigenvalue weighted by atomic mass is 9.68. The molecule has 10 heteroatoms. The molecule has 1 aliphatic rings. The molecule has 5 rings (SSSR count). The summed E-state index contributed by atoms with van der Waals surface area (Å²) < 4.78 is 14.0. The molecule has 4 aromatic rings. The van der Waals surface area contributed by atoms with E-state index in [0.29, 0.717) is 40.9 Å². The number of hydrogen-bond donors (Lipinski definition) is 1. The Balaban J connectivity index is 1.63. The Kier molecular flexibility index (Phi) is 4.99. The molecule has 9 nitrogen and oxygen atoms in total. The molecule has 0 radical (unpaired) electrons.